The molecule has 1 aliphatic heterocycles. The van der Waals surface area contributed by atoms with E-state index in [1.54, 1.807) is 6.07 Å². The molecule has 0 saturated carbocycles. The van der Waals surface area contributed by atoms with E-state index in [-0.39, 0.29) is 17.4 Å². The van der Waals surface area contributed by atoms with Crippen LogP contribution < -0.4 is 15.4 Å². The molecule has 29 heavy (non-hydrogen) atoms. The van der Waals surface area contributed by atoms with Gasteiger partial charge in [0.05, 0.1) is 6.04 Å². The van der Waals surface area contributed by atoms with Gasteiger partial charge in [0.15, 0.2) is 11.6 Å². The van der Waals surface area contributed by atoms with E-state index in [9.17, 15) is 8.78 Å². The highest BCUT2D eigenvalue weighted by atomic mass is 19.1. The molecule has 152 valence electrons. The molecule has 4 nitrogen and oxygen atoms in total. The summed E-state index contributed by atoms with van der Waals surface area (Å²) in [5.74, 6) is -0.746. The molecule has 0 saturated heterocycles. The van der Waals surface area contributed by atoms with Crippen LogP contribution in [0.3, 0.4) is 0 Å². The van der Waals surface area contributed by atoms with E-state index in [2.05, 4.69) is 17.6 Å². The van der Waals surface area contributed by atoms with Gasteiger partial charge in [-0.2, -0.15) is 0 Å². The molecule has 0 aliphatic carbocycles. The van der Waals surface area contributed by atoms with Gasteiger partial charge in [-0.15, -0.1) is 0 Å². The minimum atomic E-state index is -0.590. The Labute approximate surface area is 169 Å². The highest BCUT2D eigenvalue weighted by molar-refractivity contribution is 5.81. The van der Waals surface area contributed by atoms with Crippen LogP contribution in [0.1, 0.15) is 38.3 Å². The molecule has 2 heterocycles. The Hall–Kier alpha value is -3.02. The largest absolute Gasteiger partial charge is 0.454 e. The van der Waals surface area contributed by atoms with E-state index in [0.717, 1.165) is 35.5 Å². The minimum Gasteiger partial charge on any atom is -0.454 e. The number of rotatable bonds is 6. The van der Waals surface area contributed by atoms with Crippen LogP contribution in [-0.2, 0) is 7.05 Å². The lowest BCUT2D eigenvalue weighted by Gasteiger charge is -2.18. The summed E-state index contributed by atoms with van der Waals surface area (Å²) in [4.78, 5) is 0. The van der Waals surface area contributed by atoms with Crippen molar-refractivity contribution >= 4 is 10.9 Å². The zero-order valence-electron chi connectivity index (χ0n) is 16.8. The standard InChI is InChI=1S/C23H25F2N3O/c1-4-16-10-17(13-26-16)27-14(2)19-11-21(25)23(12-20(19)24)29-18-5-6-22-15(9-18)7-8-28(22)3/h5-9,11-14,16,26-27H,4,10H2,1-3H3. The molecule has 1 aromatic heterocycles. The van der Waals surface area contributed by atoms with Gasteiger partial charge in [0.25, 0.3) is 0 Å². The van der Waals surface area contributed by atoms with Crippen LogP contribution in [-0.4, -0.2) is 10.6 Å². The quantitative estimate of drug-likeness (QED) is 0.576. The summed E-state index contributed by atoms with van der Waals surface area (Å²) in [7, 11) is 1.95. The van der Waals surface area contributed by atoms with Gasteiger partial charge in [-0.1, -0.05) is 6.92 Å². The predicted molar refractivity (Wildman–Crippen MR) is 111 cm³/mol. The fourth-order valence-electron chi connectivity index (χ4n) is 3.72. The third kappa shape index (κ3) is 3.92. The first-order valence-electron chi connectivity index (χ1n) is 9.88. The molecule has 3 aromatic rings. The van der Waals surface area contributed by atoms with E-state index in [4.69, 9.17) is 4.74 Å². The Kier molecular flexibility index (Phi) is 5.18. The molecular formula is C23H25F2N3O. The first-order valence-corrected chi connectivity index (χ1v) is 9.88. The van der Waals surface area contributed by atoms with Crippen molar-refractivity contribution in [3.05, 3.63) is 71.7 Å². The van der Waals surface area contributed by atoms with Gasteiger partial charge >= 0.3 is 0 Å². The van der Waals surface area contributed by atoms with Gasteiger partial charge in [-0.25, -0.2) is 8.78 Å². The number of hydrogen-bond donors (Lipinski definition) is 2. The Morgan fingerprint density at radius 3 is 2.79 bits per heavy atom. The highest BCUT2D eigenvalue weighted by Gasteiger charge is 2.20. The lowest BCUT2D eigenvalue weighted by Crippen LogP contribution is -2.20. The number of hydrogen-bond acceptors (Lipinski definition) is 3. The van der Waals surface area contributed by atoms with Crippen molar-refractivity contribution < 1.29 is 13.5 Å². The third-order valence-electron chi connectivity index (χ3n) is 5.46. The maximum atomic E-state index is 14.7. The molecule has 2 N–H and O–H groups in total. The van der Waals surface area contributed by atoms with Crippen LogP contribution in [0.5, 0.6) is 11.5 Å². The number of nitrogens with one attached hydrogen (secondary N) is 2. The molecule has 2 aromatic carbocycles. The fourth-order valence-corrected chi connectivity index (χ4v) is 3.72. The molecule has 0 amide bonds. The average Bonchev–Trinajstić information content (AvgIpc) is 3.30. The maximum absolute atomic E-state index is 14.7. The van der Waals surface area contributed by atoms with E-state index in [1.165, 1.54) is 6.07 Å². The average molecular weight is 397 g/mol. The summed E-state index contributed by atoms with van der Waals surface area (Å²) in [5.41, 5.74) is 2.31. The van der Waals surface area contributed by atoms with Crippen molar-refractivity contribution in [1.82, 2.24) is 15.2 Å². The first-order chi connectivity index (χ1) is 13.9. The lowest BCUT2D eigenvalue weighted by molar-refractivity contribution is 0.432. The van der Waals surface area contributed by atoms with E-state index in [0.29, 0.717) is 11.8 Å². The second-order valence-electron chi connectivity index (χ2n) is 7.57. The van der Waals surface area contributed by atoms with Crippen LogP contribution >= 0.6 is 0 Å². The van der Waals surface area contributed by atoms with E-state index in [1.807, 2.05) is 49.1 Å². The molecule has 0 fully saturated rings. The SMILES string of the molecule is CCC1CC(NC(C)c2cc(F)c(Oc3ccc4c(ccn4C)c3)cc2F)=CN1. The van der Waals surface area contributed by atoms with Crippen molar-refractivity contribution in [2.75, 3.05) is 0 Å². The van der Waals surface area contributed by atoms with E-state index >= 15 is 0 Å². The summed E-state index contributed by atoms with van der Waals surface area (Å²) in [6.07, 6.45) is 5.72. The van der Waals surface area contributed by atoms with Gasteiger partial charge in [0.2, 0.25) is 0 Å². The minimum absolute atomic E-state index is 0.124. The van der Waals surface area contributed by atoms with Gasteiger partial charge in [-0.3, -0.25) is 0 Å². The highest BCUT2D eigenvalue weighted by Crippen LogP contribution is 2.31. The van der Waals surface area contributed by atoms with Crippen LogP contribution in [0.4, 0.5) is 8.78 Å². The normalized spacial score (nSPS) is 17.1. The van der Waals surface area contributed by atoms with Crippen LogP contribution in [0, 0.1) is 11.6 Å². The fraction of sp³-hybridized carbons (Fsp3) is 0.304. The number of ether oxygens (including phenoxy) is 1. The van der Waals surface area contributed by atoms with Crippen LogP contribution in [0.2, 0.25) is 0 Å². The molecule has 0 bridgehead atoms. The number of fused-ring (bicyclic) bond motifs is 1. The zero-order chi connectivity index (χ0) is 20.5. The maximum Gasteiger partial charge on any atom is 0.166 e. The number of nitrogens with zero attached hydrogens (tertiary/aromatic N) is 1. The predicted octanol–water partition coefficient (Wildman–Crippen LogP) is 5.51. The third-order valence-corrected chi connectivity index (χ3v) is 5.46. The molecule has 0 radical (unpaired) electrons. The smallest absolute Gasteiger partial charge is 0.166 e. The molecular weight excluding hydrogens is 372 g/mol. The van der Waals surface area contributed by atoms with Crippen molar-refractivity contribution in [2.45, 2.75) is 38.8 Å². The van der Waals surface area contributed by atoms with Gasteiger partial charge in [0.1, 0.15) is 11.6 Å². The van der Waals surface area contributed by atoms with Gasteiger partial charge in [-0.05, 0) is 43.7 Å². The molecule has 2 unspecified atom stereocenters. The summed E-state index contributed by atoms with van der Waals surface area (Å²) in [6, 6.07) is 9.78. The number of aryl methyl sites for hydroxylation is 1. The van der Waals surface area contributed by atoms with Gasteiger partial charge in [0, 0.05) is 60.1 Å². The molecule has 0 spiro atoms. The summed E-state index contributed by atoms with van der Waals surface area (Å²) >= 11 is 0. The molecule has 4 rings (SSSR count). The molecule has 1 aliphatic rings. The Morgan fingerprint density at radius 1 is 1.21 bits per heavy atom. The van der Waals surface area contributed by atoms with Crippen LogP contribution in [0.25, 0.3) is 10.9 Å². The Bertz CT molecular complexity index is 1070. The van der Waals surface area contributed by atoms with Crippen molar-refractivity contribution in [2.24, 2.45) is 7.05 Å². The van der Waals surface area contributed by atoms with Crippen LogP contribution in [0.15, 0.2) is 54.5 Å². The van der Waals surface area contributed by atoms with Crippen molar-refractivity contribution in [3.8, 4) is 11.5 Å². The number of aromatic nitrogens is 1. The second kappa shape index (κ2) is 7.78. The zero-order valence-corrected chi connectivity index (χ0v) is 16.8. The van der Waals surface area contributed by atoms with Crippen molar-refractivity contribution in [3.63, 3.8) is 0 Å². The Balaban J connectivity index is 1.51. The van der Waals surface area contributed by atoms with Gasteiger partial charge < -0.3 is 19.9 Å². The second-order valence-corrected chi connectivity index (χ2v) is 7.57. The summed E-state index contributed by atoms with van der Waals surface area (Å²) in [6.45, 7) is 3.93. The number of halogens is 2. The monoisotopic (exact) mass is 397 g/mol. The number of benzene rings is 2. The molecule has 2 atom stereocenters. The molecule has 6 heteroatoms. The summed E-state index contributed by atoms with van der Waals surface area (Å²) in [5, 5.41) is 7.52. The Morgan fingerprint density at radius 2 is 2.03 bits per heavy atom. The lowest BCUT2D eigenvalue weighted by atomic mass is 10.1. The van der Waals surface area contributed by atoms with Crippen molar-refractivity contribution in [1.29, 1.82) is 0 Å². The summed E-state index contributed by atoms with van der Waals surface area (Å²) < 4.78 is 37.0. The van der Waals surface area contributed by atoms with E-state index < -0.39 is 11.6 Å². The topological polar surface area (TPSA) is 38.2 Å². The first kappa shape index (κ1) is 19.3.